The lowest BCUT2D eigenvalue weighted by molar-refractivity contribution is 0.363. The van der Waals surface area contributed by atoms with Crippen molar-refractivity contribution < 1.29 is 5.11 Å². The second kappa shape index (κ2) is 8.62. The number of phenols is 1. The second-order valence-corrected chi connectivity index (χ2v) is 5.72. The molecule has 0 amide bonds. The Morgan fingerprint density at radius 2 is 1.77 bits per heavy atom. The monoisotopic (exact) mass is 317 g/mol. The van der Waals surface area contributed by atoms with E-state index in [9.17, 15) is 5.11 Å². The summed E-state index contributed by atoms with van der Waals surface area (Å²) in [5.41, 5.74) is 3.40. The third-order valence-corrected chi connectivity index (χ3v) is 3.62. The molecule has 0 saturated heterocycles. The molecule has 0 saturated carbocycles. The predicted octanol–water partition coefficient (Wildman–Crippen LogP) is 4.25. The minimum atomic E-state index is 0. The first-order chi connectivity index (χ1) is 10.1. The molecule has 0 aliphatic carbocycles. The highest BCUT2D eigenvalue weighted by atomic mass is 35.5. The summed E-state index contributed by atoms with van der Waals surface area (Å²) in [6.45, 7) is 5.21. The topological polar surface area (TPSA) is 23.5 Å². The van der Waals surface area contributed by atoms with Gasteiger partial charge >= 0.3 is 0 Å². The summed E-state index contributed by atoms with van der Waals surface area (Å²) in [7, 11) is 4.15. The van der Waals surface area contributed by atoms with Crippen LogP contribution in [0.5, 0.6) is 5.75 Å². The maximum atomic E-state index is 9.66. The van der Waals surface area contributed by atoms with Crippen LogP contribution in [-0.2, 0) is 6.42 Å². The van der Waals surface area contributed by atoms with Crippen LogP contribution in [-0.4, -0.2) is 30.6 Å². The molecule has 22 heavy (non-hydrogen) atoms. The van der Waals surface area contributed by atoms with E-state index in [4.69, 9.17) is 0 Å². The molecule has 2 aromatic rings. The molecule has 0 spiro atoms. The molecule has 0 heterocycles. The van der Waals surface area contributed by atoms with Gasteiger partial charge in [0.1, 0.15) is 5.75 Å². The zero-order valence-electron chi connectivity index (χ0n) is 13.2. The Hall–Kier alpha value is -1.77. The number of hydrogen-bond donors (Lipinski definition) is 1. The molecule has 3 heteroatoms. The van der Waals surface area contributed by atoms with Gasteiger partial charge in [-0.25, -0.2) is 0 Å². The lowest BCUT2D eigenvalue weighted by atomic mass is 9.88. The third kappa shape index (κ3) is 5.21. The second-order valence-electron chi connectivity index (χ2n) is 5.72. The Morgan fingerprint density at radius 3 is 2.36 bits per heavy atom. The van der Waals surface area contributed by atoms with Gasteiger partial charge < -0.3 is 10.0 Å². The molecule has 1 atom stereocenters. The quantitative estimate of drug-likeness (QED) is 0.861. The Bertz CT molecular complexity index is 595. The van der Waals surface area contributed by atoms with E-state index in [2.05, 4.69) is 49.8 Å². The fraction of sp³-hybridized carbons (Fsp3) is 0.263. The fourth-order valence-electron chi connectivity index (χ4n) is 2.58. The summed E-state index contributed by atoms with van der Waals surface area (Å²) < 4.78 is 0. The van der Waals surface area contributed by atoms with Gasteiger partial charge in [0.15, 0.2) is 0 Å². The van der Waals surface area contributed by atoms with Gasteiger partial charge in [-0.15, -0.1) is 12.4 Å². The summed E-state index contributed by atoms with van der Waals surface area (Å²) in [5.74, 6) is 0.612. The molecular weight excluding hydrogens is 294 g/mol. The average molecular weight is 318 g/mol. The standard InChI is InChI=1S/C19H23NO.ClH/c1-15(17-10-7-11-19(21)13-17)18(14-20(2)3)12-16-8-5-4-6-9-16;/h4-11,13,18,21H,1,12,14H2,2-3H3;1H. The number of nitrogens with zero attached hydrogens (tertiary/aromatic N) is 1. The number of phenolic OH excluding ortho intramolecular Hbond substituents is 1. The fourth-order valence-corrected chi connectivity index (χ4v) is 2.58. The van der Waals surface area contributed by atoms with Gasteiger partial charge in [-0.05, 0) is 49.3 Å². The van der Waals surface area contributed by atoms with Gasteiger partial charge in [-0.2, -0.15) is 0 Å². The van der Waals surface area contributed by atoms with Gasteiger partial charge in [-0.1, -0.05) is 49.0 Å². The van der Waals surface area contributed by atoms with Crippen LogP contribution in [0.3, 0.4) is 0 Å². The molecule has 0 aromatic heterocycles. The van der Waals surface area contributed by atoms with Crippen LogP contribution in [0, 0.1) is 5.92 Å². The molecule has 0 bridgehead atoms. The van der Waals surface area contributed by atoms with Crippen molar-refractivity contribution in [2.45, 2.75) is 6.42 Å². The van der Waals surface area contributed by atoms with Crippen LogP contribution < -0.4 is 0 Å². The number of benzene rings is 2. The number of hydrogen-bond acceptors (Lipinski definition) is 2. The minimum absolute atomic E-state index is 0. The molecule has 2 aromatic carbocycles. The average Bonchev–Trinajstić information content (AvgIpc) is 2.46. The van der Waals surface area contributed by atoms with Crippen LogP contribution in [0.1, 0.15) is 11.1 Å². The summed E-state index contributed by atoms with van der Waals surface area (Å²) in [6, 6.07) is 17.8. The van der Waals surface area contributed by atoms with Gasteiger partial charge in [0.2, 0.25) is 0 Å². The zero-order chi connectivity index (χ0) is 15.2. The normalized spacial score (nSPS) is 11.8. The van der Waals surface area contributed by atoms with Crippen LogP contribution >= 0.6 is 12.4 Å². The molecule has 2 nitrogen and oxygen atoms in total. The van der Waals surface area contributed by atoms with Crippen LogP contribution in [0.15, 0.2) is 61.2 Å². The lowest BCUT2D eigenvalue weighted by Crippen LogP contribution is -2.24. The smallest absolute Gasteiger partial charge is 0.116 e. The van der Waals surface area contributed by atoms with E-state index in [-0.39, 0.29) is 18.2 Å². The van der Waals surface area contributed by atoms with Crippen LogP contribution in [0.4, 0.5) is 0 Å². The van der Waals surface area contributed by atoms with E-state index < -0.39 is 0 Å². The highest BCUT2D eigenvalue weighted by molar-refractivity contribution is 5.85. The number of rotatable bonds is 6. The van der Waals surface area contributed by atoms with Gasteiger partial charge in [-0.3, -0.25) is 0 Å². The molecule has 0 fully saturated rings. The maximum Gasteiger partial charge on any atom is 0.116 e. The van der Waals surface area contributed by atoms with Crippen LogP contribution in [0.25, 0.3) is 5.57 Å². The highest BCUT2D eigenvalue weighted by Crippen LogP contribution is 2.27. The Kier molecular flexibility index (Phi) is 7.16. The van der Waals surface area contributed by atoms with Crippen molar-refractivity contribution in [2.75, 3.05) is 20.6 Å². The maximum absolute atomic E-state index is 9.66. The third-order valence-electron chi connectivity index (χ3n) is 3.62. The highest BCUT2D eigenvalue weighted by Gasteiger charge is 2.16. The minimum Gasteiger partial charge on any atom is -0.508 e. The Morgan fingerprint density at radius 1 is 1.09 bits per heavy atom. The van der Waals surface area contributed by atoms with Crippen molar-refractivity contribution in [3.8, 4) is 5.75 Å². The molecule has 1 unspecified atom stereocenters. The summed E-state index contributed by atoms with van der Waals surface area (Å²) in [4.78, 5) is 2.18. The van der Waals surface area contributed by atoms with E-state index >= 15 is 0 Å². The van der Waals surface area contributed by atoms with E-state index in [0.717, 1.165) is 24.1 Å². The number of aromatic hydroxyl groups is 1. The number of halogens is 1. The molecule has 0 radical (unpaired) electrons. The van der Waals surface area contributed by atoms with Crippen molar-refractivity contribution in [1.82, 2.24) is 4.90 Å². The molecule has 0 aliphatic heterocycles. The SMILES string of the molecule is C=C(c1cccc(O)c1)C(Cc1ccccc1)CN(C)C.Cl. The first kappa shape index (κ1) is 18.3. The van der Waals surface area contributed by atoms with Crippen molar-refractivity contribution in [3.63, 3.8) is 0 Å². The largest absolute Gasteiger partial charge is 0.508 e. The van der Waals surface area contributed by atoms with E-state index in [1.54, 1.807) is 12.1 Å². The molecule has 2 rings (SSSR count). The molecule has 1 N–H and O–H groups in total. The summed E-state index contributed by atoms with van der Waals surface area (Å²) >= 11 is 0. The van der Waals surface area contributed by atoms with Crippen molar-refractivity contribution in [1.29, 1.82) is 0 Å². The van der Waals surface area contributed by atoms with Crippen molar-refractivity contribution in [3.05, 3.63) is 72.3 Å². The molecule has 118 valence electrons. The summed E-state index contributed by atoms with van der Waals surface area (Å²) in [5, 5.41) is 9.66. The first-order valence-corrected chi connectivity index (χ1v) is 7.23. The summed E-state index contributed by atoms with van der Waals surface area (Å²) in [6.07, 6.45) is 0.952. The van der Waals surface area contributed by atoms with Gasteiger partial charge in [0.25, 0.3) is 0 Å². The zero-order valence-corrected chi connectivity index (χ0v) is 14.0. The van der Waals surface area contributed by atoms with Gasteiger partial charge in [0.05, 0.1) is 0 Å². The van der Waals surface area contributed by atoms with E-state index in [1.807, 2.05) is 18.2 Å². The van der Waals surface area contributed by atoms with Crippen molar-refractivity contribution >= 4 is 18.0 Å². The Balaban J connectivity index is 0.00000242. The predicted molar refractivity (Wildman–Crippen MR) is 96.6 cm³/mol. The Labute approximate surface area is 139 Å². The molecule has 0 aliphatic rings. The first-order valence-electron chi connectivity index (χ1n) is 7.23. The van der Waals surface area contributed by atoms with Gasteiger partial charge in [0, 0.05) is 12.5 Å². The van der Waals surface area contributed by atoms with Crippen molar-refractivity contribution in [2.24, 2.45) is 5.92 Å². The van der Waals surface area contributed by atoms with Crippen LogP contribution in [0.2, 0.25) is 0 Å². The van der Waals surface area contributed by atoms with E-state index in [1.165, 1.54) is 5.56 Å². The molecular formula is C19H24ClNO. The van der Waals surface area contributed by atoms with E-state index in [0.29, 0.717) is 5.92 Å². The lowest BCUT2D eigenvalue weighted by Gasteiger charge is -2.24.